The van der Waals surface area contributed by atoms with Crippen LogP contribution in [0.4, 0.5) is 0 Å². The molecule has 3 rings (SSSR count). The van der Waals surface area contributed by atoms with Gasteiger partial charge in [-0.15, -0.1) is 0 Å². The summed E-state index contributed by atoms with van der Waals surface area (Å²) in [6, 6.07) is -0.805. The van der Waals surface area contributed by atoms with Gasteiger partial charge in [0.1, 0.15) is 48.5 Å². The molecule has 360 valence electrons. The number of cyclic esters (lactones) is 1. The van der Waals surface area contributed by atoms with Gasteiger partial charge in [0.25, 0.3) is 0 Å². The minimum atomic E-state index is -1.52. The quantitative estimate of drug-likeness (QED) is 0.133. The third kappa shape index (κ3) is 16.3. The number of rotatable bonds is 15. The van der Waals surface area contributed by atoms with Crippen LogP contribution in [-0.2, 0) is 66.6 Å². The maximum atomic E-state index is 13.4. The highest BCUT2D eigenvalue weighted by Gasteiger charge is 2.53. The van der Waals surface area contributed by atoms with E-state index in [2.05, 4.69) is 0 Å². The average Bonchev–Trinajstić information content (AvgIpc) is 3.16. The Kier molecular flexibility index (Phi) is 21.8. The number of aldehydes is 1. The van der Waals surface area contributed by atoms with Gasteiger partial charge in [0, 0.05) is 46.1 Å². The predicted molar refractivity (Wildman–Crippen MR) is 229 cm³/mol. The fourth-order valence-corrected chi connectivity index (χ4v) is 8.64. The summed E-state index contributed by atoms with van der Waals surface area (Å²) in [5.41, 5.74) is -1.52. The highest BCUT2D eigenvalue weighted by Crippen LogP contribution is 2.38. The third-order valence-corrected chi connectivity index (χ3v) is 11.6. The molecule has 3 heterocycles. The molecule has 63 heavy (non-hydrogen) atoms. The molecule has 0 radical (unpaired) electrons. The second kappa shape index (κ2) is 25.4. The van der Waals surface area contributed by atoms with Crippen molar-refractivity contribution < 1.29 is 76.8 Å². The van der Waals surface area contributed by atoms with E-state index in [9.17, 15) is 34.2 Å². The number of carbonyl (C=O) groups is 5. The van der Waals surface area contributed by atoms with Gasteiger partial charge in [-0.3, -0.25) is 19.2 Å². The number of carbonyl (C=O) groups excluding carboxylic acids is 5. The Hall–Kier alpha value is -3.29. The second-order valence-electron chi connectivity index (χ2n) is 18.2. The van der Waals surface area contributed by atoms with Crippen LogP contribution in [0.3, 0.4) is 0 Å². The normalized spacial score (nSPS) is 38.3. The fourth-order valence-electron chi connectivity index (χ4n) is 8.64. The van der Waals surface area contributed by atoms with Crippen molar-refractivity contribution in [3.05, 3.63) is 24.3 Å². The highest BCUT2D eigenvalue weighted by atomic mass is 16.7. The van der Waals surface area contributed by atoms with E-state index in [1.54, 1.807) is 64.9 Å². The van der Waals surface area contributed by atoms with Crippen molar-refractivity contribution in [3.63, 3.8) is 0 Å². The SMILES string of the molecule is CCCC(=O)O[C@H]1/C=C/C=C/C[C@@H](C)OC(=O)C[C@@H](OC(C)=O)[C@H](OC)[C@@H](O[C@@H]2O[C@H](C)[C@@H](O[C@H]3C[C@@](C)(O)[C@@H](OC(=O)CC(C)C)[C@H](C)O3)[C@H](N(C)C)[C@H]2O)[C@@H](CC=O)C[C@H]1C. The molecule has 17 nitrogen and oxygen atoms in total. The van der Waals surface area contributed by atoms with Crippen molar-refractivity contribution in [2.75, 3.05) is 21.2 Å². The first-order valence-corrected chi connectivity index (χ1v) is 22.4. The number of esters is 4. The first kappa shape index (κ1) is 54.0. The molecular weight excluding hydrogens is 822 g/mol. The van der Waals surface area contributed by atoms with Crippen LogP contribution >= 0.6 is 0 Å². The first-order chi connectivity index (χ1) is 29.6. The molecule has 0 amide bonds. The summed E-state index contributed by atoms with van der Waals surface area (Å²) in [7, 11) is 4.85. The molecule has 0 unspecified atom stereocenters. The number of nitrogens with zero attached hydrogens (tertiary/aromatic N) is 1. The van der Waals surface area contributed by atoms with E-state index in [0.717, 1.165) is 6.29 Å². The van der Waals surface area contributed by atoms with Crippen molar-refractivity contribution in [3.8, 4) is 0 Å². The largest absolute Gasteiger partial charge is 0.462 e. The molecule has 16 atom stereocenters. The van der Waals surface area contributed by atoms with E-state index in [4.69, 9.17) is 42.6 Å². The Labute approximate surface area is 373 Å². The Morgan fingerprint density at radius 3 is 2.27 bits per heavy atom. The van der Waals surface area contributed by atoms with Crippen LogP contribution in [0.1, 0.15) is 114 Å². The van der Waals surface area contributed by atoms with Gasteiger partial charge < -0.3 is 62.5 Å². The zero-order chi connectivity index (χ0) is 47.2. The lowest BCUT2D eigenvalue weighted by Gasteiger charge is -2.50. The summed E-state index contributed by atoms with van der Waals surface area (Å²) < 4.78 is 54.9. The molecule has 0 aromatic heterocycles. The lowest BCUT2D eigenvalue weighted by atomic mass is 9.82. The summed E-state index contributed by atoms with van der Waals surface area (Å²) in [6.07, 6.45) is -3.25. The Bertz CT molecular complexity index is 1530. The molecule has 0 bridgehead atoms. The number of allylic oxidation sites excluding steroid dienone is 2. The first-order valence-electron chi connectivity index (χ1n) is 22.4. The minimum absolute atomic E-state index is 0.0571. The van der Waals surface area contributed by atoms with Crippen molar-refractivity contribution in [1.82, 2.24) is 4.90 Å². The molecular formula is C46H75NO16. The summed E-state index contributed by atoms with van der Waals surface area (Å²) in [5.74, 6) is -3.27. The van der Waals surface area contributed by atoms with Crippen LogP contribution in [0.2, 0.25) is 0 Å². The molecule has 0 saturated carbocycles. The molecule has 3 aliphatic heterocycles. The molecule has 0 aliphatic carbocycles. The van der Waals surface area contributed by atoms with Crippen molar-refractivity contribution in [1.29, 1.82) is 0 Å². The van der Waals surface area contributed by atoms with Gasteiger partial charge in [-0.25, -0.2) is 0 Å². The molecule has 0 aromatic carbocycles. The maximum Gasteiger partial charge on any atom is 0.309 e. The van der Waals surface area contributed by atoms with Crippen LogP contribution < -0.4 is 0 Å². The van der Waals surface area contributed by atoms with Crippen LogP contribution in [0.5, 0.6) is 0 Å². The molecule has 0 spiro atoms. The van der Waals surface area contributed by atoms with Crippen LogP contribution in [-0.4, -0.2) is 152 Å². The molecule has 2 saturated heterocycles. The molecule has 0 aromatic rings. The molecule has 17 heteroatoms. The Morgan fingerprint density at radius 1 is 0.984 bits per heavy atom. The molecule has 3 aliphatic rings. The van der Waals surface area contributed by atoms with Gasteiger partial charge in [0.05, 0.1) is 30.8 Å². The van der Waals surface area contributed by atoms with E-state index < -0.39 is 121 Å². The molecule has 2 fully saturated rings. The summed E-state index contributed by atoms with van der Waals surface area (Å²) in [4.78, 5) is 65.7. The average molecular weight is 898 g/mol. The number of likely N-dealkylation sites (N-methyl/N-ethyl adjacent to an activating group) is 1. The topological polar surface area (TPSA) is 212 Å². The third-order valence-electron chi connectivity index (χ3n) is 11.6. The van der Waals surface area contributed by atoms with E-state index in [1.807, 2.05) is 33.8 Å². The minimum Gasteiger partial charge on any atom is -0.462 e. The van der Waals surface area contributed by atoms with Gasteiger partial charge in [0.2, 0.25) is 0 Å². The predicted octanol–water partition coefficient (Wildman–Crippen LogP) is 4.36. The Balaban J connectivity index is 2.04. The van der Waals surface area contributed by atoms with Crippen molar-refractivity contribution in [2.45, 2.75) is 199 Å². The number of methoxy groups -OCH3 is 1. The lowest BCUT2D eigenvalue weighted by molar-refractivity contribution is -0.344. The number of hydrogen-bond acceptors (Lipinski definition) is 17. The summed E-state index contributed by atoms with van der Waals surface area (Å²) in [6.45, 7) is 15.4. The van der Waals surface area contributed by atoms with Gasteiger partial charge in [0.15, 0.2) is 18.7 Å². The number of aliphatic hydroxyl groups is 2. The molecule has 2 N–H and O–H groups in total. The van der Waals surface area contributed by atoms with Gasteiger partial charge >= 0.3 is 23.9 Å². The van der Waals surface area contributed by atoms with Gasteiger partial charge in [-0.05, 0) is 78.5 Å². The smallest absolute Gasteiger partial charge is 0.309 e. The van der Waals surface area contributed by atoms with E-state index in [0.29, 0.717) is 12.8 Å². The zero-order valence-corrected chi connectivity index (χ0v) is 39.3. The van der Waals surface area contributed by atoms with E-state index in [1.165, 1.54) is 14.0 Å². The zero-order valence-electron chi connectivity index (χ0n) is 39.3. The van der Waals surface area contributed by atoms with E-state index >= 15 is 0 Å². The standard InChI is InChI=1S/C46H75NO16/c1-13-17-35(50)60-33-19-16-14-15-18-28(5)56-37(52)24-34(59-31(8)49)43(55-12)42(32(20-21-48)23-27(33)4)63-45-40(53)39(47(10)11)41(29(6)58-45)62-38-25-46(9,54)44(30(7)57-38)61-36(51)22-26(2)3/h14-16,19,21,26-30,32-34,38-45,53-54H,13,17-18,20,22-25H2,1-12H3/b15-14+,19-16+/t27-,28-,29-,30+,32+,33+,34-,38+,39-,40-,41-,42+,43+,44+,45+,46-/m1/s1. The summed E-state index contributed by atoms with van der Waals surface area (Å²) in [5, 5.41) is 23.7. The van der Waals surface area contributed by atoms with Gasteiger partial charge in [-0.2, -0.15) is 0 Å². The lowest BCUT2D eigenvalue weighted by Crippen LogP contribution is -2.66. The van der Waals surface area contributed by atoms with E-state index in [-0.39, 0.29) is 44.0 Å². The second-order valence-corrected chi connectivity index (χ2v) is 18.2. The monoisotopic (exact) mass is 898 g/mol. The van der Waals surface area contributed by atoms with Crippen LogP contribution in [0.15, 0.2) is 24.3 Å². The fraction of sp³-hybridized carbons (Fsp3) is 0.804. The van der Waals surface area contributed by atoms with Crippen LogP contribution in [0.25, 0.3) is 0 Å². The number of ether oxygens (including phenoxy) is 9. The number of hydrogen-bond donors (Lipinski definition) is 2. The number of aliphatic hydroxyl groups excluding tert-OH is 1. The van der Waals surface area contributed by atoms with Crippen molar-refractivity contribution in [2.24, 2.45) is 17.8 Å². The van der Waals surface area contributed by atoms with Crippen molar-refractivity contribution >= 4 is 30.2 Å². The highest BCUT2D eigenvalue weighted by molar-refractivity contribution is 5.72. The Morgan fingerprint density at radius 2 is 1.68 bits per heavy atom. The maximum absolute atomic E-state index is 13.4. The van der Waals surface area contributed by atoms with Crippen LogP contribution in [0, 0.1) is 17.8 Å². The van der Waals surface area contributed by atoms with Gasteiger partial charge in [-0.1, -0.05) is 45.9 Å². The summed E-state index contributed by atoms with van der Waals surface area (Å²) >= 11 is 0.